The van der Waals surface area contributed by atoms with Gasteiger partial charge in [0.05, 0.1) is 0 Å². The molecular weight excluding hydrogens is 272 g/mol. The molecule has 0 saturated heterocycles. The third-order valence-corrected chi connectivity index (χ3v) is 3.78. The Hall–Kier alpha value is -2.01. The molecule has 1 aromatic heterocycles. The lowest BCUT2D eigenvalue weighted by Gasteiger charge is -2.05. The molecule has 4 nitrogen and oxygen atoms in total. The largest absolute Gasteiger partial charge is 0.302 e. The van der Waals surface area contributed by atoms with Crippen molar-refractivity contribution in [3.8, 4) is 0 Å². The van der Waals surface area contributed by atoms with E-state index in [1.54, 1.807) is 11.6 Å². The number of carbonyl (C=O) groups excluding carboxylic acids is 2. The van der Waals surface area contributed by atoms with Crippen LogP contribution in [0.1, 0.15) is 34.3 Å². The van der Waals surface area contributed by atoms with Crippen molar-refractivity contribution in [2.75, 3.05) is 5.32 Å². The summed E-state index contributed by atoms with van der Waals surface area (Å²) in [4.78, 5) is 27.7. The molecule has 20 heavy (non-hydrogen) atoms. The molecule has 2 rings (SSSR count). The molecular formula is C15H16N2O2S. The standard InChI is InChI=1S/C15H16N2O2S/c1-10-3-4-12(9-11(10)2)13(18)5-6-14(19)17-15-16-7-8-20-15/h3-4,7-9H,5-6H2,1-2H3,(H,16,17,19). The fraction of sp³-hybridized carbons (Fsp3) is 0.267. The molecule has 0 aliphatic carbocycles. The first kappa shape index (κ1) is 14.4. The zero-order valence-corrected chi connectivity index (χ0v) is 12.3. The minimum atomic E-state index is -0.183. The third kappa shape index (κ3) is 3.74. The summed E-state index contributed by atoms with van der Waals surface area (Å²) in [5.41, 5.74) is 2.90. The summed E-state index contributed by atoms with van der Waals surface area (Å²) in [7, 11) is 0. The maximum atomic E-state index is 12.0. The number of ketones is 1. The predicted octanol–water partition coefficient (Wildman–Crippen LogP) is 3.36. The van der Waals surface area contributed by atoms with Crippen LogP contribution in [-0.2, 0) is 4.79 Å². The molecule has 0 atom stereocenters. The molecule has 1 heterocycles. The number of hydrogen-bond donors (Lipinski definition) is 1. The van der Waals surface area contributed by atoms with Crippen LogP contribution in [0.4, 0.5) is 5.13 Å². The minimum Gasteiger partial charge on any atom is -0.302 e. The minimum absolute atomic E-state index is 0.0117. The lowest BCUT2D eigenvalue weighted by Crippen LogP contribution is -2.13. The number of carbonyl (C=O) groups is 2. The second kappa shape index (κ2) is 6.43. The molecule has 0 spiro atoms. The van der Waals surface area contributed by atoms with Crippen LogP contribution in [0.25, 0.3) is 0 Å². The lowest BCUT2D eigenvalue weighted by atomic mass is 10.0. The Bertz CT molecular complexity index is 621. The van der Waals surface area contributed by atoms with Gasteiger partial charge in [-0.3, -0.25) is 9.59 Å². The summed E-state index contributed by atoms with van der Waals surface area (Å²) in [6.07, 6.45) is 2.01. The van der Waals surface area contributed by atoms with Crippen molar-refractivity contribution in [2.45, 2.75) is 26.7 Å². The average Bonchev–Trinajstić information content (AvgIpc) is 2.92. The van der Waals surface area contributed by atoms with Gasteiger partial charge in [-0.15, -0.1) is 11.3 Å². The first-order chi connectivity index (χ1) is 9.56. The van der Waals surface area contributed by atoms with Crippen molar-refractivity contribution >= 4 is 28.2 Å². The number of aryl methyl sites for hydroxylation is 2. The SMILES string of the molecule is Cc1ccc(C(=O)CCC(=O)Nc2nccs2)cc1C. The molecule has 0 fully saturated rings. The van der Waals surface area contributed by atoms with Gasteiger partial charge in [0.2, 0.25) is 5.91 Å². The van der Waals surface area contributed by atoms with Crippen LogP contribution in [0.2, 0.25) is 0 Å². The maximum Gasteiger partial charge on any atom is 0.226 e. The zero-order chi connectivity index (χ0) is 14.5. The second-order valence-corrected chi connectivity index (χ2v) is 5.50. The molecule has 1 N–H and O–H groups in total. The highest BCUT2D eigenvalue weighted by atomic mass is 32.1. The normalized spacial score (nSPS) is 10.3. The highest BCUT2D eigenvalue weighted by molar-refractivity contribution is 7.13. The van der Waals surface area contributed by atoms with Crippen LogP contribution < -0.4 is 5.32 Å². The molecule has 0 aliphatic heterocycles. The molecule has 1 amide bonds. The maximum absolute atomic E-state index is 12.0. The number of rotatable bonds is 5. The molecule has 0 unspecified atom stereocenters. The van der Waals surface area contributed by atoms with E-state index in [4.69, 9.17) is 0 Å². The first-order valence-electron chi connectivity index (χ1n) is 6.36. The van der Waals surface area contributed by atoms with Gasteiger partial charge in [-0.05, 0) is 31.0 Å². The predicted molar refractivity (Wildman–Crippen MR) is 80.2 cm³/mol. The van der Waals surface area contributed by atoms with Crippen LogP contribution >= 0.6 is 11.3 Å². The van der Waals surface area contributed by atoms with E-state index in [0.717, 1.165) is 11.1 Å². The Labute approximate surface area is 121 Å². The van der Waals surface area contributed by atoms with Crippen LogP contribution in [0, 0.1) is 13.8 Å². The fourth-order valence-corrected chi connectivity index (χ4v) is 2.30. The Kier molecular flexibility index (Phi) is 4.63. The molecule has 0 aliphatic rings. The van der Waals surface area contributed by atoms with E-state index in [9.17, 15) is 9.59 Å². The van der Waals surface area contributed by atoms with Gasteiger partial charge in [-0.2, -0.15) is 0 Å². The van der Waals surface area contributed by atoms with Gasteiger partial charge in [0.25, 0.3) is 0 Å². The molecule has 2 aromatic rings. The van der Waals surface area contributed by atoms with E-state index in [1.807, 2.05) is 32.0 Å². The average molecular weight is 288 g/mol. The van der Waals surface area contributed by atoms with E-state index in [2.05, 4.69) is 10.3 Å². The van der Waals surface area contributed by atoms with E-state index in [1.165, 1.54) is 11.3 Å². The van der Waals surface area contributed by atoms with Crippen LogP contribution in [0.15, 0.2) is 29.8 Å². The smallest absolute Gasteiger partial charge is 0.226 e. The van der Waals surface area contributed by atoms with Gasteiger partial charge < -0.3 is 5.32 Å². The molecule has 104 valence electrons. The molecule has 0 bridgehead atoms. The van der Waals surface area contributed by atoms with Gasteiger partial charge in [0, 0.05) is 30.0 Å². The molecule has 0 radical (unpaired) electrons. The van der Waals surface area contributed by atoms with Gasteiger partial charge in [-0.1, -0.05) is 12.1 Å². The van der Waals surface area contributed by atoms with Crippen molar-refractivity contribution in [1.82, 2.24) is 4.98 Å². The number of benzene rings is 1. The Morgan fingerprint density at radius 3 is 2.65 bits per heavy atom. The molecule has 0 saturated carbocycles. The van der Waals surface area contributed by atoms with Crippen LogP contribution in [0.3, 0.4) is 0 Å². The number of amides is 1. The first-order valence-corrected chi connectivity index (χ1v) is 7.24. The van der Waals surface area contributed by atoms with Gasteiger partial charge >= 0.3 is 0 Å². The monoisotopic (exact) mass is 288 g/mol. The van der Waals surface area contributed by atoms with Crippen molar-refractivity contribution in [2.24, 2.45) is 0 Å². The van der Waals surface area contributed by atoms with Gasteiger partial charge in [0.1, 0.15) is 0 Å². The summed E-state index contributed by atoms with van der Waals surface area (Å²) < 4.78 is 0. The van der Waals surface area contributed by atoms with Crippen molar-refractivity contribution in [1.29, 1.82) is 0 Å². The summed E-state index contributed by atoms with van der Waals surface area (Å²) in [6.45, 7) is 3.98. The second-order valence-electron chi connectivity index (χ2n) is 4.61. The van der Waals surface area contributed by atoms with E-state index >= 15 is 0 Å². The summed E-state index contributed by atoms with van der Waals surface area (Å²) in [5, 5.41) is 5.02. The van der Waals surface area contributed by atoms with Crippen molar-refractivity contribution < 1.29 is 9.59 Å². The summed E-state index contributed by atoms with van der Waals surface area (Å²) in [6, 6.07) is 5.61. The highest BCUT2D eigenvalue weighted by Gasteiger charge is 2.10. The third-order valence-electron chi connectivity index (χ3n) is 3.09. The quantitative estimate of drug-likeness (QED) is 0.858. The van der Waals surface area contributed by atoms with Crippen molar-refractivity contribution in [3.63, 3.8) is 0 Å². The van der Waals surface area contributed by atoms with Crippen LogP contribution in [0.5, 0.6) is 0 Å². The van der Waals surface area contributed by atoms with E-state index in [-0.39, 0.29) is 24.5 Å². The van der Waals surface area contributed by atoms with Crippen molar-refractivity contribution in [3.05, 3.63) is 46.5 Å². The Morgan fingerprint density at radius 1 is 1.20 bits per heavy atom. The number of hydrogen-bond acceptors (Lipinski definition) is 4. The summed E-state index contributed by atoms with van der Waals surface area (Å²) >= 11 is 1.36. The molecule has 5 heteroatoms. The summed E-state index contributed by atoms with van der Waals surface area (Å²) in [5.74, 6) is -0.195. The van der Waals surface area contributed by atoms with E-state index in [0.29, 0.717) is 10.7 Å². The lowest BCUT2D eigenvalue weighted by molar-refractivity contribution is -0.116. The molecule has 1 aromatic carbocycles. The number of aromatic nitrogens is 1. The van der Waals surface area contributed by atoms with Crippen LogP contribution in [-0.4, -0.2) is 16.7 Å². The van der Waals surface area contributed by atoms with E-state index < -0.39 is 0 Å². The number of thiazole rings is 1. The zero-order valence-electron chi connectivity index (χ0n) is 11.5. The number of nitrogens with one attached hydrogen (secondary N) is 1. The van der Waals surface area contributed by atoms with Gasteiger partial charge in [-0.25, -0.2) is 4.98 Å². The number of Topliss-reactive ketones (excluding diaryl/α,β-unsaturated/α-hetero) is 1. The number of anilines is 1. The fourth-order valence-electron chi connectivity index (χ4n) is 1.75. The number of nitrogens with zero attached hydrogens (tertiary/aromatic N) is 1. The Balaban J connectivity index is 1.88. The highest BCUT2D eigenvalue weighted by Crippen LogP contribution is 2.14. The van der Waals surface area contributed by atoms with Gasteiger partial charge in [0.15, 0.2) is 10.9 Å². The Morgan fingerprint density at radius 2 is 2.00 bits per heavy atom. The topological polar surface area (TPSA) is 59.1 Å².